The highest BCUT2D eigenvalue weighted by molar-refractivity contribution is 6.30. The number of hydrogen-bond acceptors (Lipinski definition) is 2. The Morgan fingerprint density at radius 1 is 1.33 bits per heavy atom. The van der Waals surface area contributed by atoms with Crippen LogP contribution in [0.4, 0.5) is 0 Å². The summed E-state index contributed by atoms with van der Waals surface area (Å²) in [6.45, 7) is 7.43. The summed E-state index contributed by atoms with van der Waals surface area (Å²) >= 11 is 5.96. The van der Waals surface area contributed by atoms with E-state index in [4.69, 9.17) is 16.3 Å². The van der Waals surface area contributed by atoms with Crippen LogP contribution < -0.4 is 10.1 Å². The van der Waals surface area contributed by atoms with Gasteiger partial charge in [-0.05, 0) is 38.1 Å². The molecule has 0 aliphatic heterocycles. The van der Waals surface area contributed by atoms with Gasteiger partial charge < -0.3 is 10.1 Å². The van der Waals surface area contributed by atoms with E-state index in [0.29, 0.717) is 11.1 Å². The number of halogens is 1. The molecule has 0 spiro atoms. The van der Waals surface area contributed by atoms with E-state index in [1.165, 1.54) is 12.8 Å². The average molecular weight is 270 g/mol. The van der Waals surface area contributed by atoms with Gasteiger partial charge in [0.05, 0.1) is 0 Å². The van der Waals surface area contributed by atoms with E-state index in [1.54, 1.807) is 0 Å². The van der Waals surface area contributed by atoms with E-state index in [2.05, 4.69) is 26.1 Å². The first kappa shape index (κ1) is 15.3. The van der Waals surface area contributed by atoms with Gasteiger partial charge in [-0.2, -0.15) is 0 Å². The van der Waals surface area contributed by atoms with Crippen molar-refractivity contribution < 1.29 is 4.74 Å². The SMILES string of the molecule is CCCCC(NCC)C(C)Oc1cccc(Cl)c1. The molecule has 0 fully saturated rings. The molecule has 0 saturated carbocycles. The van der Waals surface area contributed by atoms with Gasteiger partial charge in [-0.15, -0.1) is 0 Å². The molecular formula is C15H24ClNO. The fourth-order valence-electron chi connectivity index (χ4n) is 2.03. The lowest BCUT2D eigenvalue weighted by molar-refractivity contribution is 0.164. The fourth-order valence-corrected chi connectivity index (χ4v) is 2.21. The fraction of sp³-hybridized carbons (Fsp3) is 0.600. The summed E-state index contributed by atoms with van der Waals surface area (Å²) in [7, 11) is 0. The Kier molecular flexibility index (Phi) is 7.14. The number of nitrogens with one attached hydrogen (secondary N) is 1. The normalized spacial score (nSPS) is 14.2. The van der Waals surface area contributed by atoms with Crippen molar-refractivity contribution in [2.24, 2.45) is 0 Å². The lowest BCUT2D eigenvalue weighted by atomic mass is 10.1. The van der Waals surface area contributed by atoms with Crippen LogP contribution in [-0.2, 0) is 0 Å². The zero-order valence-electron chi connectivity index (χ0n) is 11.6. The van der Waals surface area contributed by atoms with E-state index < -0.39 is 0 Å². The van der Waals surface area contributed by atoms with Crippen molar-refractivity contribution in [2.45, 2.75) is 52.2 Å². The monoisotopic (exact) mass is 269 g/mol. The zero-order chi connectivity index (χ0) is 13.4. The molecule has 0 aliphatic carbocycles. The van der Waals surface area contributed by atoms with E-state index >= 15 is 0 Å². The van der Waals surface area contributed by atoms with Crippen LogP contribution in [0.5, 0.6) is 5.75 Å². The summed E-state index contributed by atoms with van der Waals surface area (Å²) in [6, 6.07) is 7.98. The summed E-state index contributed by atoms with van der Waals surface area (Å²) in [5.41, 5.74) is 0. The van der Waals surface area contributed by atoms with E-state index in [1.807, 2.05) is 24.3 Å². The van der Waals surface area contributed by atoms with Gasteiger partial charge in [-0.25, -0.2) is 0 Å². The molecule has 3 heteroatoms. The van der Waals surface area contributed by atoms with Crippen LogP contribution in [-0.4, -0.2) is 18.7 Å². The largest absolute Gasteiger partial charge is 0.489 e. The molecule has 0 aromatic heterocycles. The average Bonchev–Trinajstić information content (AvgIpc) is 2.34. The van der Waals surface area contributed by atoms with E-state index in [0.717, 1.165) is 18.7 Å². The minimum absolute atomic E-state index is 0.148. The first-order valence-corrected chi connectivity index (χ1v) is 7.20. The van der Waals surface area contributed by atoms with Crippen molar-refractivity contribution in [2.75, 3.05) is 6.54 Å². The van der Waals surface area contributed by atoms with Crippen LogP contribution in [0.15, 0.2) is 24.3 Å². The summed E-state index contributed by atoms with van der Waals surface area (Å²) in [4.78, 5) is 0. The van der Waals surface area contributed by atoms with Crippen molar-refractivity contribution >= 4 is 11.6 Å². The lowest BCUT2D eigenvalue weighted by Crippen LogP contribution is -2.41. The topological polar surface area (TPSA) is 21.3 Å². The highest BCUT2D eigenvalue weighted by atomic mass is 35.5. The van der Waals surface area contributed by atoms with Crippen molar-refractivity contribution in [3.05, 3.63) is 29.3 Å². The molecule has 1 rings (SSSR count). The van der Waals surface area contributed by atoms with Gasteiger partial charge in [-0.3, -0.25) is 0 Å². The van der Waals surface area contributed by atoms with Crippen molar-refractivity contribution in [1.29, 1.82) is 0 Å². The number of likely N-dealkylation sites (N-methyl/N-ethyl adjacent to an activating group) is 1. The lowest BCUT2D eigenvalue weighted by Gasteiger charge is -2.25. The summed E-state index contributed by atoms with van der Waals surface area (Å²) in [5, 5.41) is 4.21. The van der Waals surface area contributed by atoms with Crippen LogP contribution in [0.1, 0.15) is 40.0 Å². The molecule has 1 aromatic carbocycles. The van der Waals surface area contributed by atoms with Gasteiger partial charge in [0.25, 0.3) is 0 Å². The molecule has 1 N–H and O–H groups in total. The van der Waals surface area contributed by atoms with Gasteiger partial charge in [0.2, 0.25) is 0 Å². The second-order valence-corrected chi connectivity index (χ2v) is 5.02. The summed E-state index contributed by atoms with van der Waals surface area (Å²) in [5.74, 6) is 0.842. The molecular weight excluding hydrogens is 246 g/mol. The minimum Gasteiger partial charge on any atom is -0.489 e. The Bertz CT molecular complexity index is 343. The third-order valence-corrected chi connectivity index (χ3v) is 3.25. The van der Waals surface area contributed by atoms with Crippen molar-refractivity contribution in [1.82, 2.24) is 5.32 Å². The van der Waals surface area contributed by atoms with E-state index in [9.17, 15) is 0 Å². The van der Waals surface area contributed by atoms with Gasteiger partial charge >= 0.3 is 0 Å². The van der Waals surface area contributed by atoms with Crippen LogP contribution in [0.25, 0.3) is 0 Å². The highest BCUT2D eigenvalue weighted by Gasteiger charge is 2.17. The molecule has 0 saturated heterocycles. The Morgan fingerprint density at radius 2 is 2.11 bits per heavy atom. The molecule has 102 valence electrons. The van der Waals surface area contributed by atoms with Gasteiger partial charge in [0.1, 0.15) is 11.9 Å². The minimum atomic E-state index is 0.148. The maximum absolute atomic E-state index is 5.96. The van der Waals surface area contributed by atoms with Crippen LogP contribution in [0, 0.1) is 0 Å². The zero-order valence-corrected chi connectivity index (χ0v) is 12.3. The Balaban J connectivity index is 2.56. The second-order valence-electron chi connectivity index (χ2n) is 4.59. The third-order valence-electron chi connectivity index (χ3n) is 3.02. The number of unbranched alkanes of at least 4 members (excludes halogenated alkanes) is 1. The third kappa shape index (κ3) is 5.28. The van der Waals surface area contributed by atoms with Gasteiger partial charge in [0, 0.05) is 11.1 Å². The van der Waals surface area contributed by atoms with Crippen LogP contribution >= 0.6 is 11.6 Å². The first-order valence-electron chi connectivity index (χ1n) is 6.83. The summed E-state index contributed by atoms with van der Waals surface area (Å²) < 4.78 is 5.96. The number of benzene rings is 1. The van der Waals surface area contributed by atoms with Gasteiger partial charge in [0.15, 0.2) is 0 Å². The molecule has 0 heterocycles. The van der Waals surface area contributed by atoms with Crippen LogP contribution in [0.2, 0.25) is 5.02 Å². The molecule has 2 nitrogen and oxygen atoms in total. The Hall–Kier alpha value is -0.730. The Morgan fingerprint density at radius 3 is 2.72 bits per heavy atom. The van der Waals surface area contributed by atoms with Gasteiger partial charge in [-0.1, -0.05) is 44.4 Å². The van der Waals surface area contributed by atoms with Crippen molar-refractivity contribution in [3.8, 4) is 5.75 Å². The maximum atomic E-state index is 5.96. The quantitative estimate of drug-likeness (QED) is 0.761. The smallest absolute Gasteiger partial charge is 0.121 e. The predicted octanol–water partition coefficient (Wildman–Crippen LogP) is 4.28. The van der Waals surface area contributed by atoms with Crippen LogP contribution in [0.3, 0.4) is 0 Å². The molecule has 0 amide bonds. The van der Waals surface area contributed by atoms with E-state index in [-0.39, 0.29) is 6.10 Å². The number of ether oxygens (including phenoxy) is 1. The molecule has 0 radical (unpaired) electrons. The highest BCUT2D eigenvalue weighted by Crippen LogP contribution is 2.20. The summed E-state index contributed by atoms with van der Waals surface area (Å²) in [6.07, 6.45) is 3.73. The second kappa shape index (κ2) is 8.39. The number of rotatable bonds is 8. The Labute approximate surface area is 116 Å². The molecule has 2 unspecified atom stereocenters. The number of hydrogen-bond donors (Lipinski definition) is 1. The van der Waals surface area contributed by atoms with Crippen molar-refractivity contribution in [3.63, 3.8) is 0 Å². The molecule has 1 aromatic rings. The predicted molar refractivity (Wildman–Crippen MR) is 78.5 cm³/mol. The standard InChI is InChI=1S/C15H24ClNO/c1-4-6-10-15(17-5-2)12(3)18-14-9-7-8-13(16)11-14/h7-9,11-12,15,17H,4-6,10H2,1-3H3. The maximum Gasteiger partial charge on any atom is 0.121 e. The molecule has 18 heavy (non-hydrogen) atoms. The molecule has 0 bridgehead atoms. The molecule has 0 aliphatic rings. The first-order chi connectivity index (χ1) is 8.67. The molecule has 2 atom stereocenters.